The van der Waals surface area contributed by atoms with Crippen LogP contribution in [0.2, 0.25) is 0 Å². The van der Waals surface area contributed by atoms with Crippen molar-refractivity contribution in [3.63, 3.8) is 0 Å². The highest BCUT2D eigenvalue weighted by molar-refractivity contribution is 7.09. The Bertz CT molecular complexity index is 777. The predicted octanol–water partition coefficient (Wildman–Crippen LogP) is 4.33. The summed E-state index contributed by atoms with van der Waals surface area (Å²) in [6.07, 6.45) is -0.740. The molecule has 0 spiro atoms. The van der Waals surface area contributed by atoms with Gasteiger partial charge in [0.25, 0.3) is 0 Å². The lowest BCUT2D eigenvalue weighted by atomic mass is 9.90. The van der Waals surface area contributed by atoms with E-state index in [0.29, 0.717) is 0 Å². The maximum absolute atomic E-state index is 12.7. The molecule has 0 aliphatic carbocycles. The van der Waals surface area contributed by atoms with Crippen LogP contribution in [0.1, 0.15) is 21.9 Å². The van der Waals surface area contributed by atoms with Crippen molar-refractivity contribution in [3.8, 4) is 0 Å². The number of benzene rings is 2. The van der Waals surface area contributed by atoms with E-state index in [2.05, 4.69) is 5.32 Å². The number of hydrogen-bond acceptors (Lipinski definition) is 4. The van der Waals surface area contributed by atoms with Gasteiger partial charge in [-0.25, -0.2) is 4.79 Å². The molecule has 0 unspecified atom stereocenters. The third-order valence-corrected chi connectivity index (χ3v) is 4.53. The van der Waals surface area contributed by atoms with Crippen LogP contribution in [0, 0.1) is 0 Å². The number of nitrogens with one attached hydrogen (secondary N) is 1. The first-order valence-electron chi connectivity index (χ1n) is 7.84. The molecule has 1 N–H and O–H groups in total. The summed E-state index contributed by atoms with van der Waals surface area (Å²) < 4.78 is 5.12. The van der Waals surface area contributed by atoms with Gasteiger partial charge in [-0.1, -0.05) is 66.7 Å². The highest BCUT2D eigenvalue weighted by atomic mass is 32.1. The number of carbonyl (C=O) groups excluding carboxylic acids is 2. The van der Waals surface area contributed by atoms with Gasteiger partial charge in [-0.2, -0.15) is 0 Å². The Kier molecular flexibility index (Phi) is 5.59. The van der Waals surface area contributed by atoms with Crippen LogP contribution < -0.4 is 5.32 Å². The van der Waals surface area contributed by atoms with Crippen molar-refractivity contribution in [1.29, 1.82) is 0 Å². The number of carbonyl (C=O) groups is 2. The molecule has 126 valence electrons. The molecule has 0 fully saturated rings. The summed E-state index contributed by atoms with van der Waals surface area (Å²) >= 11 is 1.49. The minimum Gasteiger partial charge on any atom is -0.444 e. The summed E-state index contributed by atoms with van der Waals surface area (Å²) in [5.41, 5.74) is 1.63. The Balaban J connectivity index is 1.72. The van der Waals surface area contributed by atoms with Gasteiger partial charge in [-0.15, -0.1) is 11.3 Å². The van der Waals surface area contributed by atoms with E-state index in [1.54, 1.807) is 0 Å². The lowest BCUT2D eigenvalue weighted by Crippen LogP contribution is -2.35. The summed E-state index contributed by atoms with van der Waals surface area (Å²) in [4.78, 5) is 25.6. The van der Waals surface area contributed by atoms with Crippen LogP contribution in [-0.4, -0.2) is 12.0 Å². The van der Waals surface area contributed by atoms with Crippen molar-refractivity contribution in [2.75, 3.05) is 0 Å². The average Bonchev–Trinajstić information content (AvgIpc) is 3.16. The molecule has 0 bridgehead atoms. The van der Waals surface area contributed by atoms with Gasteiger partial charge in [-0.3, -0.25) is 10.1 Å². The van der Waals surface area contributed by atoms with Crippen LogP contribution in [-0.2, 0) is 16.1 Å². The fraction of sp³-hybridized carbons (Fsp3) is 0.100. The molecule has 2 amide bonds. The summed E-state index contributed by atoms with van der Waals surface area (Å²) in [5.74, 6) is -0.981. The maximum Gasteiger partial charge on any atom is 0.414 e. The second kappa shape index (κ2) is 8.26. The number of rotatable bonds is 5. The molecule has 5 heteroatoms. The van der Waals surface area contributed by atoms with Crippen molar-refractivity contribution < 1.29 is 14.3 Å². The maximum atomic E-state index is 12.7. The van der Waals surface area contributed by atoms with Crippen LogP contribution >= 0.6 is 11.3 Å². The van der Waals surface area contributed by atoms with Gasteiger partial charge in [0.2, 0.25) is 5.91 Å². The van der Waals surface area contributed by atoms with E-state index in [1.807, 2.05) is 78.2 Å². The summed E-state index contributed by atoms with van der Waals surface area (Å²) in [6, 6.07) is 22.5. The highest BCUT2D eigenvalue weighted by Crippen LogP contribution is 2.24. The molecule has 0 atom stereocenters. The van der Waals surface area contributed by atoms with Gasteiger partial charge < -0.3 is 4.74 Å². The van der Waals surface area contributed by atoms with E-state index in [0.717, 1.165) is 16.0 Å². The van der Waals surface area contributed by atoms with E-state index in [9.17, 15) is 9.59 Å². The number of amides is 2. The standard InChI is InChI=1S/C20H17NO3S/c22-19(21-20(23)24-14-17-12-7-13-25-17)18(15-8-3-1-4-9-15)16-10-5-2-6-11-16/h1-13,18H,14H2,(H,21,22,23). The molecule has 3 aromatic rings. The molecule has 1 heterocycles. The summed E-state index contributed by atoms with van der Waals surface area (Å²) in [6.45, 7) is 0.151. The molecule has 2 aromatic carbocycles. The van der Waals surface area contributed by atoms with Gasteiger partial charge in [0.1, 0.15) is 6.61 Å². The molecule has 0 aliphatic heterocycles. The Labute approximate surface area is 150 Å². The fourth-order valence-electron chi connectivity index (χ4n) is 2.53. The summed E-state index contributed by atoms with van der Waals surface area (Å²) in [5, 5.41) is 4.25. The van der Waals surface area contributed by atoms with Crippen molar-refractivity contribution in [3.05, 3.63) is 94.2 Å². The van der Waals surface area contributed by atoms with Crippen LogP contribution in [0.15, 0.2) is 78.2 Å². The van der Waals surface area contributed by atoms with Crippen molar-refractivity contribution >= 4 is 23.3 Å². The third-order valence-electron chi connectivity index (χ3n) is 3.68. The normalized spacial score (nSPS) is 10.4. The van der Waals surface area contributed by atoms with E-state index < -0.39 is 17.9 Å². The zero-order chi connectivity index (χ0) is 17.5. The topological polar surface area (TPSA) is 55.4 Å². The number of ether oxygens (including phenoxy) is 1. The second-order valence-electron chi connectivity index (χ2n) is 5.40. The second-order valence-corrected chi connectivity index (χ2v) is 6.43. The number of hydrogen-bond donors (Lipinski definition) is 1. The zero-order valence-corrected chi connectivity index (χ0v) is 14.2. The Hall–Kier alpha value is -2.92. The van der Waals surface area contributed by atoms with Crippen LogP contribution in [0.4, 0.5) is 4.79 Å². The fourth-order valence-corrected chi connectivity index (χ4v) is 3.14. The lowest BCUT2D eigenvalue weighted by molar-refractivity contribution is -0.121. The van der Waals surface area contributed by atoms with Crippen molar-refractivity contribution in [2.45, 2.75) is 12.5 Å². The quantitative estimate of drug-likeness (QED) is 0.744. The molecule has 0 radical (unpaired) electrons. The van der Waals surface area contributed by atoms with Crippen LogP contribution in [0.25, 0.3) is 0 Å². The highest BCUT2D eigenvalue weighted by Gasteiger charge is 2.24. The minimum atomic E-state index is -0.740. The van der Waals surface area contributed by atoms with Gasteiger partial charge in [0.05, 0.1) is 5.92 Å². The Morgan fingerprint density at radius 2 is 1.48 bits per heavy atom. The molecule has 0 aliphatic rings. The van der Waals surface area contributed by atoms with Crippen LogP contribution in [0.3, 0.4) is 0 Å². The number of alkyl carbamates (subject to hydrolysis) is 1. The first-order chi connectivity index (χ1) is 12.2. The van der Waals surface area contributed by atoms with E-state index in [4.69, 9.17) is 4.74 Å². The van der Waals surface area contributed by atoms with E-state index >= 15 is 0 Å². The van der Waals surface area contributed by atoms with E-state index in [-0.39, 0.29) is 6.61 Å². The molecule has 0 saturated heterocycles. The molecule has 0 saturated carbocycles. The molecular formula is C20H17NO3S. The van der Waals surface area contributed by atoms with Crippen LogP contribution in [0.5, 0.6) is 0 Å². The van der Waals surface area contributed by atoms with Crippen molar-refractivity contribution in [1.82, 2.24) is 5.32 Å². The minimum absolute atomic E-state index is 0.151. The Morgan fingerprint density at radius 1 is 0.880 bits per heavy atom. The number of thiophene rings is 1. The van der Waals surface area contributed by atoms with Gasteiger partial charge >= 0.3 is 6.09 Å². The Morgan fingerprint density at radius 3 is 2.00 bits per heavy atom. The lowest BCUT2D eigenvalue weighted by Gasteiger charge is -2.17. The number of imide groups is 1. The largest absolute Gasteiger partial charge is 0.444 e. The molecule has 4 nitrogen and oxygen atoms in total. The predicted molar refractivity (Wildman–Crippen MR) is 97.4 cm³/mol. The molecule has 3 rings (SSSR count). The zero-order valence-electron chi connectivity index (χ0n) is 13.4. The average molecular weight is 351 g/mol. The van der Waals surface area contributed by atoms with Gasteiger partial charge in [-0.05, 0) is 22.6 Å². The smallest absolute Gasteiger partial charge is 0.414 e. The van der Waals surface area contributed by atoms with Gasteiger partial charge in [0, 0.05) is 4.88 Å². The first kappa shape index (κ1) is 16.9. The summed E-state index contributed by atoms with van der Waals surface area (Å²) in [7, 11) is 0. The molecular weight excluding hydrogens is 334 g/mol. The SMILES string of the molecule is O=C(NC(=O)C(c1ccccc1)c1ccccc1)OCc1cccs1. The molecule has 25 heavy (non-hydrogen) atoms. The molecule has 1 aromatic heterocycles. The van der Waals surface area contributed by atoms with E-state index in [1.165, 1.54) is 11.3 Å². The monoisotopic (exact) mass is 351 g/mol. The third kappa shape index (κ3) is 4.55. The van der Waals surface area contributed by atoms with Crippen molar-refractivity contribution in [2.24, 2.45) is 0 Å². The van der Waals surface area contributed by atoms with Gasteiger partial charge in [0.15, 0.2) is 0 Å². The first-order valence-corrected chi connectivity index (χ1v) is 8.72.